The van der Waals surface area contributed by atoms with Gasteiger partial charge in [0, 0.05) is 19.5 Å². The number of hydrogen-bond acceptors (Lipinski definition) is 3. The van der Waals surface area contributed by atoms with Crippen LogP contribution in [0, 0.1) is 0 Å². The first-order valence-corrected chi connectivity index (χ1v) is 3.74. The van der Waals surface area contributed by atoms with Crippen LogP contribution in [0.2, 0.25) is 0 Å². The van der Waals surface area contributed by atoms with Crippen LogP contribution in [0.15, 0.2) is 4.42 Å². The van der Waals surface area contributed by atoms with E-state index in [0.717, 1.165) is 6.54 Å². The number of nitrogens with zero attached hydrogens (tertiary/aromatic N) is 1. The van der Waals surface area contributed by atoms with Crippen molar-refractivity contribution >= 4 is 0 Å². The van der Waals surface area contributed by atoms with E-state index in [1.807, 2.05) is 0 Å². The molecule has 1 N–H and O–H groups in total. The van der Waals surface area contributed by atoms with Gasteiger partial charge in [0.15, 0.2) is 0 Å². The fourth-order valence-electron chi connectivity index (χ4n) is 1.24. The molecule has 2 heterocycles. The number of fused-ring (bicyclic) bond motifs is 1. The lowest BCUT2D eigenvalue weighted by molar-refractivity contribution is 0.113. The molecule has 0 saturated carbocycles. The van der Waals surface area contributed by atoms with Crippen LogP contribution in [-0.4, -0.2) is 11.5 Å². The van der Waals surface area contributed by atoms with Crippen molar-refractivity contribution in [1.82, 2.24) is 10.3 Å². The molecule has 0 atom stereocenters. The van der Waals surface area contributed by atoms with Gasteiger partial charge in [0.2, 0.25) is 0 Å². The number of nitrogens with one attached hydrogen (secondary N) is 1. The SMILES string of the molecule is FC(F)c1nc2c(o1)CCNC2. The average Bonchev–Trinajstić information content (AvgIpc) is 2.46. The highest BCUT2D eigenvalue weighted by atomic mass is 19.3. The summed E-state index contributed by atoms with van der Waals surface area (Å²) in [5.74, 6) is 0.146. The first kappa shape index (κ1) is 7.67. The number of alkyl halides is 2. The van der Waals surface area contributed by atoms with Gasteiger partial charge < -0.3 is 9.73 Å². The van der Waals surface area contributed by atoms with Crippen molar-refractivity contribution in [3.05, 3.63) is 17.3 Å². The van der Waals surface area contributed by atoms with Crippen molar-refractivity contribution in [2.75, 3.05) is 6.54 Å². The average molecular weight is 174 g/mol. The Hall–Kier alpha value is -0.970. The summed E-state index contributed by atoms with van der Waals surface area (Å²) in [5, 5.41) is 3.03. The van der Waals surface area contributed by atoms with Gasteiger partial charge in [-0.2, -0.15) is 8.78 Å². The standard InChI is InChI=1S/C7H8F2N2O/c8-6(9)7-11-4-3-10-2-1-5(4)12-7/h6,10H,1-3H2. The summed E-state index contributed by atoms with van der Waals surface area (Å²) in [7, 11) is 0. The molecule has 1 aromatic heterocycles. The van der Waals surface area contributed by atoms with Crippen LogP contribution in [0.3, 0.4) is 0 Å². The molecule has 1 aliphatic heterocycles. The van der Waals surface area contributed by atoms with Crippen LogP contribution >= 0.6 is 0 Å². The second-order valence-corrected chi connectivity index (χ2v) is 2.65. The van der Waals surface area contributed by atoms with E-state index in [9.17, 15) is 8.78 Å². The van der Waals surface area contributed by atoms with Crippen molar-refractivity contribution in [3.8, 4) is 0 Å². The molecule has 66 valence electrons. The number of rotatable bonds is 1. The maximum atomic E-state index is 12.1. The van der Waals surface area contributed by atoms with Gasteiger partial charge in [-0.05, 0) is 0 Å². The second kappa shape index (κ2) is 2.82. The number of hydrogen-bond donors (Lipinski definition) is 1. The zero-order valence-corrected chi connectivity index (χ0v) is 6.31. The van der Waals surface area contributed by atoms with Gasteiger partial charge in [-0.1, -0.05) is 0 Å². The molecule has 12 heavy (non-hydrogen) atoms. The molecule has 0 aromatic carbocycles. The highest BCUT2D eigenvalue weighted by Crippen LogP contribution is 2.22. The van der Waals surface area contributed by atoms with Gasteiger partial charge in [0.05, 0.1) is 5.69 Å². The van der Waals surface area contributed by atoms with Crippen molar-refractivity contribution in [2.45, 2.75) is 19.4 Å². The number of oxazole rings is 1. The van der Waals surface area contributed by atoms with Gasteiger partial charge in [-0.15, -0.1) is 0 Å². The molecular formula is C7H8F2N2O. The Kier molecular flexibility index (Phi) is 1.80. The van der Waals surface area contributed by atoms with Crippen LogP contribution in [0.5, 0.6) is 0 Å². The van der Waals surface area contributed by atoms with Gasteiger partial charge >= 0.3 is 6.43 Å². The van der Waals surface area contributed by atoms with E-state index in [4.69, 9.17) is 4.42 Å². The quantitative estimate of drug-likeness (QED) is 0.696. The van der Waals surface area contributed by atoms with Crippen LogP contribution in [0.4, 0.5) is 8.78 Å². The predicted octanol–water partition coefficient (Wildman–Crippen LogP) is 1.26. The fraction of sp³-hybridized carbons (Fsp3) is 0.571. The van der Waals surface area contributed by atoms with E-state index in [-0.39, 0.29) is 0 Å². The van der Waals surface area contributed by atoms with Crippen LogP contribution in [-0.2, 0) is 13.0 Å². The molecule has 0 unspecified atom stereocenters. The monoisotopic (exact) mass is 174 g/mol. The van der Waals surface area contributed by atoms with Crippen molar-refractivity contribution < 1.29 is 13.2 Å². The molecule has 0 spiro atoms. The predicted molar refractivity (Wildman–Crippen MR) is 36.9 cm³/mol. The third-order valence-corrected chi connectivity index (χ3v) is 1.80. The lowest BCUT2D eigenvalue weighted by atomic mass is 10.2. The highest BCUT2D eigenvalue weighted by molar-refractivity contribution is 5.13. The minimum absolute atomic E-state index is 0.455. The molecule has 5 heteroatoms. The smallest absolute Gasteiger partial charge is 0.313 e. The fourth-order valence-corrected chi connectivity index (χ4v) is 1.24. The number of aromatic nitrogens is 1. The van der Waals surface area contributed by atoms with Gasteiger partial charge in [0.25, 0.3) is 5.89 Å². The van der Waals surface area contributed by atoms with Gasteiger partial charge in [-0.3, -0.25) is 0 Å². The molecule has 0 bridgehead atoms. The van der Waals surface area contributed by atoms with Crippen LogP contribution < -0.4 is 5.32 Å². The normalized spacial score (nSPS) is 16.6. The Morgan fingerprint density at radius 1 is 1.50 bits per heavy atom. The van der Waals surface area contributed by atoms with Crippen molar-refractivity contribution in [3.63, 3.8) is 0 Å². The summed E-state index contributed by atoms with van der Waals surface area (Å²) in [4.78, 5) is 3.67. The summed E-state index contributed by atoms with van der Waals surface area (Å²) in [6.07, 6.45) is -1.95. The van der Waals surface area contributed by atoms with Crippen molar-refractivity contribution in [2.24, 2.45) is 0 Å². The Bertz CT molecular complexity index is 261. The molecule has 0 amide bonds. The summed E-state index contributed by atoms with van der Waals surface area (Å²) < 4.78 is 29.0. The molecule has 1 aliphatic rings. The van der Waals surface area contributed by atoms with Crippen LogP contribution in [0.1, 0.15) is 23.8 Å². The molecule has 3 nitrogen and oxygen atoms in total. The molecule has 1 aromatic rings. The van der Waals surface area contributed by atoms with E-state index in [1.54, 1.807) is 0 Å². The van der Waals surface area contributed by atoms with E-state index >= 15 is 0 Å². The summed E-state index contributed by atoms with van der Waals surface area (Å²) >= 11 is 0. The number of halogens is 2. The van der Waals surface area contributed by atoms with Crippen molar-refractivity contribution in [1.29, 1.82) is 0 Å². The Balaban J connectivity index is 2.32. The minimum Gasteiger partial charge on any atom is -0.440 e. The second-order valence-electron chi connectivity index (χ2n) is 2.65. The summed E-state index contributed by atoms with van der Waals surface area (Å²) in [6.45, 7) is 1.30. The first-order chi connectivity index (χ1) is 5.77. The van der Waals surface area contributed by atoms with Gasteiger partial charge in [0.1, 0.15) is 5.76 Å². The van der Waals surface area contributed by atoms with Gasteiger partial charge in [-0.25, -0.2) is 4.98 Å². The lowest BCUT2D eigenvalue weighted by Gasteiger charge is -2.07. The van der Waals surface area contributed by atoms with E-state index in [1.165, 1.54) is 0 Å². The maximum Gasteiger partial charge on any atom is 0.313 e. The van der Waals surface area contributed by atoms with E-state index < -0.39 is 12.3 Å². The maximum absolute atomic E-state index is 12.1. The Labute approximate surface area is 67.8 Å². The Morgan fingerprint density at radius 2 is 2.33 bits per heavy atom. The minimum atomic E-state index is -2.60. The lowest BCUT2D eigenvalue weighted by Crippen LogP contribution is -2.22. The summed E-state index contributed by atoms with van der Waals surface area (Å²) in [6, 6.07) is 0. The summed E-state index contributed by atoms with van der Waals surface area (Å²) in [5.41, 5.74) is 0.622. The first-order valence-electron chi connectivity index (χ1n) is 3.74. The molecule has 2 rings (SSSR count). The molecular weight excluding hydrogens is 166 g/mol. The Morgan fingerprint density at radius 3 is 3.00 bits per heavy atom. The molecule has 0 radical (unpaired) electrons. The molecule has 0 fully saturated rings. The zero-order valence-electron chi connectivity index (χ0n) is 6.31. The van der Waals surface area contributed by atoms with Crippen LogP contribution in [0.25, 0.3) is 0 Å². The molecule has 0 aliphatic carbocycles. The third-order valence-electron chi connectivity index (χ3n) is 1.80. The topological polar surface area (TPSA) is 38.1 Å². The third kappa shape index (κ3) is 1.20. The van der Waals surface area contributed by atoms with E-state index in [0.29, 0.717) is 24.4 Å². The highest BCUT2D eigenvalue weighted by Gasteiger charge is 2.21. The zero-order chi connectivity index (χ0) is 8.55. The molecule has 0 saturated heterocycles. The van der Waals surface area contributed by atoms with E-state index in [2.05, 4.69) is 10.3 Å². The largest absolute Gasteiger partial charge is 0.440 e.